The third-order valence-electron chi connectivity index (χ3n) is 3.55. The van der Waals surface area contributed by atoms with Crippen LogP contribution in [-0.2, 0) is 9.84 Å². The largest absolute Gasteiger partial charge is 0.311 e. The summed E-state index contributed by atoms with van der Waals surface area (Å²) in [5.41, 5.74) is 0. The van der Waals surface area contributed by atoms with Gasteiger partial charge in [-0.1, -0.05) is 20.8 Å². The highest BCUT2D eigenvalue weighted by Gasteiger charge is 2.29. The number of sulfone groups is 1. The summed E-state index contributed by atoms with van der Waals surface area (Å²) in [7, 11) is -2.86. The molecule has 0 spiro atoms. The second-order valence-corrected chi connectivity index (χ2v) is 7.71. The maximum absolute atomic E-state index is 11.3. The molecule has 102 valence electrons. The van der Waals surface area contributed by atoms with Crippen molar-refractivity contribution in [3.8, 4) is 0 Å². The van der Waals surface area contributed by atoms with Gasteiger partial charge in [-0.15, -0.1) is 0 Å². The lowest BCUT2D eigenvalue weighted by atomic mass is 9.98. The minimum absolute atomic E-state index is 0.270. The van der Waals surface area contributed by atoms with Crippen LogP contribution in [0.3, 0.4) is 0 Å². The van der Waals surface area contributed by atoms with Gasteiger partial charge in [0, 0.05) is 38.0 Å². The lowest BCUT2D eigenvalue weighted by Crippen LogP contribution is -2.58. The van der Waals surface area contributed by atoms with Crippen molar-refractivity contribution in [2.75, 3.05) is 31.6 Å². The summed E-state index contributed by atoms with van der Waals surface area (Å²) in [6.45, 7) is 9.18. The number of piperazine rings is 1. The summed E-state index contributed by atoms with van der Waals surface area (Å²) >= 11 is 0. The van der Waals surface area contributed by atoms with Gasteiger partial charge in [0.05, 0.1) is 5.75 Å². The molecule has 17 heavy (non-hydrogen) atoms. The lowest BCUT2D eigenvalue weighted by Gasteiger charge is -2.42. The number of nitrogens with one attached hydrogen (secondary N) is 1. The van der Waals surface area contributed by atoms with E-state index in [9.17, 15) is 8.42 Å². The molecule has 0 aliphatic carbocycles. The highest BCUT2D eigenvalue weighted by molar-refractivity contribution is 7.90. The first kappa shape index (κ1) is 14.9. The first-order chi connectivity index (χ1) is 7.83. The van der Waals surface area contributed by atoms with Crippen LogP contribution >= 0.6 is 0 Å². The smallest absolute Gasteiger partial charge is 0.148 e. The van der Waals surface area contributed by atoms with Gasteiger partial charge < -0.3 is 5.32 Å². The van der Waals surface area contributed by atoms with E-state index in [1.807, 2.05) is 0 Å². The molecule has 0 aromatic rings. The number of hydrogen-bond acceptors (Lipinski definition) is 4. The minimum Gasteiger partial charge on any atom is -0.311 e. The van der Waals surface area contributed by atoms with Crippen LogP contribution in [0, 0.1) is 5.92 Å². The molecule has 0 bridgehead atoms. The number of hydrogen-bond donors (Lipinski definition) is 1. The van der Waals surface area contributed by atoms with Gasteiger partial charge in [0.2, 0.25) is 0 Å². The fraction of sp³-hybridized carbons (Fsp3) is 1.00. The highest BCUT2D eigenvalue weighted by atomic mass is 32.2. The predicted molar refractivity (Wildman–Crippen MR) is 72.0 cm³/mol. The Morgan fingerprint density at radius 2 is 2.06 bits per heavy atom. The van der Waals surface area contributed by atoms with Gasteiger partial charge in [-0.3, -0.25) is 4.90 Å². The average Bonchev–Trinajstić information content (AvgIpc) is 2.24. The van der Waals surface area contributed by atoms with Gasteiger partial charge in [-0.2, -0.15) is 0 Å². The molecular formula is C12H26N2O2S. The summed E-state index contributed by atoms with van der Waals surface area (Å²) in [5, 5.41) is 3.54. The molecule has 1 fully saturated rings. The van der Waals surface area contributed by atoms with Gasteiger partial charge in [-0.05, 0) is 12.3 Å². The summed E-state index contributed by atoms with van der Waals surface area (Å²) in [6, 6.07) is 0.962. The van der Waals surface area contributed by atoms with E-state index in [1.165, 1.54) is 6.26 Å². The molecule has 4 nitrogen and oxygen atoms in total. The third kappa shape index (κ3) is 4.94. The van der Waals surface area contributed by atoms with Crippen LogP contribution in [0.15, 0.2) is 0 Å². The zero-order valence-electron chi connectivity index (χ0n) is 11.4. The molecular weight excluding hydrogens is 236 g/mol. The van der Waals surface area contributed by atoms with Crippen LogP contribution < -0.4 is 5.32 Å². The van der Waals surface area contributed by atoms with E-state index in [-0.39, 0.29) is 5.75 Å². The van der Waals surface area contributed by atoms with Crippen molar-refractivity contribution in [3.05, 3.63) is 0 Å². The van der Waals surface area contributed by atoms with E-state index in [1.54, 1.807) is 0 Å². The molecule has 0 aromatic carbocycles. The van der Waals surface area contributed by atoms with Crippen LogP contribution in [0.4, 0.5) is 0 Å². The fourth-order valence-corrected chi connectivity index (χ4v) is 2.94. The first-order valence-corrected chi connectivity index (χ1v) is 8.54. The van der Waals surface area contributed by atoms with Crippen LogP contribution in [0.25, 0.3) is 0 Å². The quantitative estimate of drug-likeness (QED) is 0.794. The average molecular weight is 262 g/mol. The zero-order chi connectivity index (χ0) is 13.1. The molecule has 1 saturated heterocycles. The lowest BCUT2D eigenvalue weighted by molar-refractivity contribution is 0.104. The standard InChI is InChI=1S/C12H26N2O2S/c1-5-11-9-14(6-7-17(4,15)16)12(8-13-11)10(2)3/h10-13H,5-9H2,1-4H3. The van der Waals surface area contributed by atoms with Gasteiger partial charge in [-0.25, -0.2) is 8.42 Å². The van der Waals surface area contributed by atoms with Crippen molar-refractivity contribution in [1.82, 2.24) is 10.2 Å². The van der Waals surface area contributed by atoms with E-state index in [2.05, 4.69) is 31.0 Å². The monoisotopic (exact) mass is 262 g/mol. The van der Waals surface area contributed by atoms with Crippen LogP contribution in [0.2, 0.25) is 0 Å². The molecule has 1 aliphatic heterocycles. The maximum Gasteiger partial charge on any atom is 0.148 e. The first-order valence-electron chi connectivity index (χ1n) is 6.48. The van der Waals surface area contributed by atoms with Gasteiger partial charge in [0.1, 0.15) is 9.84 Å². The molecule has 0 saturated carbocycles. The summed E-state index contributed by atoms with van der Waals surface area (Å²) < 4.78 is 22.5. The Kier molecular flexibility index (Phi) is 5.41. The van der Waals surface area contributed by atoms with Crippen molar-refractivity contribution >= 4 is 9.84 Å². The molecule has 0 amide bonds. The SMILES string of the molecule is CCC1CN(CCS(C)(=O)=O)C(C(C)C)CN1. The molecule has 5 heteroatoms. The normalized spacial score (nSPS) is 27.6. The van der Waals surface area contributed by atoms with Crippen LogP contribution in [-0.4, -0.2) is 57.0 Å². The molecule has 2 unspecified atom stereocenters. The molecule has 2 atom stereocenters. The maximum atomic E-state index is 11.3. The topological polar surface area (TPSA) is 49.4 Å². The summed E-state index contributed by atoms with van der Waals surface area (Å²) in [5.74, 6) is 0.826. The molecule has 1 heterocycles. The summed E-state index contributed by atoms with van der Waals surface area (Å²) in [6.07, 6.45) is 2.41. The van der Waals surface area contributed by atoms with Gasteiger partial charge in [0.15, 0.2) is 0 Å². The van der Waals surface area contributed by atoms with Crippen molar-refractivity contribution < 1.29 is 8.42 Å². The molecule has 0 radical (unpaired) electrons. The predicted octanol–water partition coefficient (Wildman–Crippen LogP) is 0.739. The Bertz CT molecular complexity index is 327. The Hall–Kier alpha value is -0.130. The van der Waals surface area contributed by atoms with Gasteiger partial charge in [0.25, 0.3) is 0 Å². The Balaban J connectivity index is 2.61. The van der Waals surface area contributed by atoms with Gasteiger partial charge >= 0.3 is 0 Å². The Morgan fingerprint density at radius 3 is 2.53 bits per heavy atom. The van der Waals surface area contributed by atoms with Crippen molar-refractivity contribution in [3.63, 3.8) is 0 Å². The second-order valence-electron chi connectivity index (χ2n) is 5.45. The van der Waals surface area contributed by atoms with Crippen molar-refractivity contribution in [2.45, 2.75) is 39.3 Å². The molecule has 1 N–H and O–H groups in total. The molecule has 1 rings (SSSR count). The minimum atomic E-state index is -2.86. The van der Waals surface area contributed by atoms with E-state index >= 15 is 0 Å². The second kappa shape index (κ2) is 6.16. The molecule has 0 aromatic heterocycles. The van der Waals surface area contributed by atoms with E-state index in [4.69, 9.17) is 0 Å². The van der Waals surface area contributed by atoms with Crippen molar-refractivity contribution in [1.29, 1.82) is 0 Å². The van der Waals surface area contributed by atoms with E-state index < -0.39 is 9.84 Å². The summed E-state index contributed by atoms with van der Waals surface area (Å²) in [4.78, 5) is 2.34. The van der Waals surface area contributed by atoms with E-state index in [0.717, 1.165) is 19.5 Å². The fourth-order valence-electron chi connectivity index (χ4n) is 2.37. The Morgan fingerprint density at radius 1 is 1.41 bits per heavy atom. The zero-order valence-corrected chi connectivity index (χ0v) is 12.3. The van der Waals surface area contributed by atoms with Crippen molar-refractivity contribution in [2.24, 2.45) is 5.92 Å². The third-order valence-corrected chi connectivity index (χ3v) is 4.48. The highest BCUT2D eigenvalue weighted by Crippen LogP contribution is 2.16. The molecule has 1 aliphatic rings. The number of rotatable bonds is 5. The van der Waals surface area contributed by atoms with Crippen LogP contribution in [0.5, 0.6) is 0 Å². The van der Waals surface area contributed by atoms with E-state index in [0.29, 0.717) is 24.5 Å². The number of nitrogens with zero attached hydrogens (tertiary/aromatic N) is 1. The Labute approximate surface area is 106 Å². The van der Waals surface area contributed by atoms with Crippen LogP contribution in [0.1, 0.15) is 27.2 Å².